The first-order chi connectivity index (χ1) is 17.8. The molecule has 5 rings (SSSR count). The second-order valence-corrected chi connectivity index (χ2v) is 10.1. The van der Waals surface area contributed by atoms with Gasteiger partial charge in [-0.2, -0.15) is 4.98 Å². The van der Waals surface area contributed by atoms with Crippen molar-refractivity contribution in [1.29, 1.82) is 0 Å². The molecule has 2 N–H and O–H groups in total. The molecule has 2 aromatic heterocycles. The van der Waals surface area contributed by atoms with Gasteiger partial charge in [-0.1, -0.05) is 37.6 Å². The summed E-state index contributed by atoms with van der Waals surface area (Å²) in [7, 11) is 0. The minimum atomic E-state index is -1.04. The first-order valence-corrected chi connectivity index (χ1v) is 12.9. The number of piperidine rings is 1. The Kier molecular flexibility index (Phi) is 7.21. The molecule has 4 heterocycles. The van der Waals surface area contributed by atoms with Crippen LogP contribution in [0.3, 0.4) is 0 Å². The number of ether oxygens (including phenoxy) is 2. The number of carboxylic acids is 1. The highest BCUT2D eigenvalue weighted by Gasteiger charge is 2.38. The van der Waals surface area contributed by atoms with E-state index in [1.807, 2.05) is 12.1 Å². The number of halogens is 1. The lowest BCUT2D eigenvalue weighted by molar-refractivity contribution is -0.155. The third-order valence-corrected chi connectivity index (χ3v) is 7.10. The van der Waals surface area contributed by atoms with Gasteiger partial charge in [-0.3, -0.25) is 4.79 Å². The number of aliphatic carboxylic acids is 1. The van der Waals surface area contributed by atoms with E-state index in [1.54, 1.807) is 19.9 Å². The van der Waals surface area contributed by atoms with Crippen molar-refractivity contribution in [2.24, 2.45) is 5.92 Å². The minimum Gasteiger partial charge on any atom is -0.480 e. The fourth-order valence-corrected chi connectivity index (χ4v) is 5.09. The highest BCUT2D eigenvalue weighted by molar-refractivity contribution is 6.33. The van der Waals surface area contributed by atoms with Gasteiger partial charge in [-0.25, -0.2) is 9.78 Å². The molecule has 2 atom stereocenters. The molecule has 2 saturated heterocycles. The number of rotatable bonds is 6. The molecule has 0 bridgehead atoms. The average Bonchev–Trinajstić information content (AvgIpc) is 3.29. The van der Waals surface area contributed by atoms with Crippen LogP contribution in [0.15, 0.2) is 30.3 Å². The van der Waals surface area contributed by atoms with Gasteiger partial charge in [-0.05, 0) is 18.2 Å². The van der Waals surface area contributed by atoms with Crippen molar-refractivity contribution in [2.75, 3.05) is 37.7 Å². The first kappa shape index (κ1) is 25.3. The molecule has 10 nitrogen and oxygen atoms in total. The first-order valence-electron chi connectivity index (χ1n) is 12.5. The van der Waals surface area contributed by atoms with Crippen LogP contribution >= 0.6 is 11.6 Å². The van der Waals surface area contributed by atoms with Crippen LogP contribution in [0.2, 0.25) is 5.02 Å². The third-order valence-electron chi connectivity index (χ3n) is 6.82. The molecule has 0 aliphatic carbocycles. The Labute approximate surface area is 219 Å². The number of pyridine rings is 1. The Morgan fingerprint density at radius 3 is 2.57 bits per heavy atom. The van der Waals surface area contributed by atoms with Gasteiger partial charge in [0.15, 0.2) is 5.65 Å². The molecule has 0 spiro atoms. The molecule has 2 fully saturated rings. The second kappa shape index (κ2) is 10.5. The number of morpholine rings is 1. The Morgan fingerprint density at radius 1 is 1.16 bits per heavy atom. The smallest absolute Gasteiger partial charge is 0.326 e. The van der Waals surface area contributed by atoms with Gasteiger partial charge < -0.3 is 29.4 Å². The molecule has 3 aromatic rings. The topological polar surface area (TPSA) is 121 Å². The number of H-pyrrole nitrogens is 1. The maximum absolute atomic E-state index is 12.5. The van der Waals surface area contributed by atoms with E-state index in [4.69, 9.17) is 21.1 Å². The van der Waals surface area contributed by atoms with E-state index in [0.717, 1.165) is 37.6 Å². The summed E-state index contributed by atoms with van der Waals surface area (Å²) in [5, 5.41) is 10.2. The zero-order chi connectivity index (χ0) is 26.1. The largest absolute Gasteiger partial charge is 0.480 e. The number of imidazole rings is 1. The fourth-order valence-electron chi connectivity index (χ4n) is 4.83. The zero-order valence-corrected chi connectivity index (χ0v) is 21.6. The van der Waals surface area contributed by atoms with Crippen LogP contribution < -0.4 is 9.64 Å². The van der Waals surface area contributed by atoms with Crippen LogP contribution in [0.4, 0.5) is 5.69 Å². The summed E-state index contributed by atoms with van der Waals surface area (Å²) in [6, 6.07) is 9.17. The maximum Gasteiger partial charge on any atom is 0.326 e. The van der Waals surface area contributed by atoms with E-state index >= 15 is 0 Å². The summed E-state index contributed by atoms with van der Waals surface area (Å²) < 4.78 is 11.4. The predicted octanol–water partition coefficient (Wildman–Crippen LogP) is 3.59. The van der Waals surface area contributed by atoms with Gasteiger partial charge in [0, 0.05) is 49.6 Å². The number of likely N-dealkylation sites (tertiary alicyclic amines) is 1. The lowest BCUT2D eigenvalue weighted by Crippen LogP contribution is -2.53. The number of benzene rings is 1. The number of nitrogens with zero attached hydrogens (tertiary/aromatic N) is 4. The van der Waals surface area contributed by atoms with Gasteiger partial charge in [-0.15, -0.1) is 0 Å². The number of carbonyl (C=O) groups excluding carboxylic acids is 1. The molecule has 2 aliphatic heterocycles. The van der Waals surface area contributed by atoms with Crippen LogP contribution in [-0.4, -0.2) is 81.8 Å². The molecule has 0 saturated carbocycles. The number of carboxylic acid groups (broad SMARTS) is 1. The van der Waals surface area contributed by atoms with E-state index in [1.165, 1.54) is 4.90 Å². The normalized spacial score (nSPS) is 20.4. The quantitative estimate of drug-likeness (QED) is 0.499. The van der Waals surface area contributed by atoms with E-state index in [0.29, 0.717) is 34.8 Å². The fraction of sp³-hybridized carbons (Fsp3) is 0.462. The van der Waals surface area contributed by atoms with E-state index in [-0.39, 0.29) is 24.3 Å². The molecule has 37 heavy (non-hydrogen) atoms. The predicted molar refractivity (Wildman–Crippen MR) is 139 cm³/mol. The standard InChI is InChI=1S/C26H30ClN5O5/c1-15(2)24(33)32-8-7-18(13-21(32)25(34)35)37-26-28-20-14-19(27)22(29-23(20)30-26)16-3-5-17(6-4-16)31-9-11-36-12-10-31/h3-6,14-15,18,21H,7-13H2,1-2H3,(H,34,35)(H,28,29,30)/t18-,21+/m1/s1. The Morgan fingerprint density at radius 2 is 1.89 bits per heavy atom. The van der Waals surface area contributed by atoms with Crippen molar-refractivity contribution in [1.82, 2.24) is 19.9 Å². The van der Waals surface area contributed by atoms with Crippen molar-refractivity contribution in [3.63, 3.8) is 0 Å². The van der Waals surface area contributed by atoms with Crippen molar-refractivity contribution in [3.05, 3.63) is 35.4 Å². The highest BCUT2D eigenvalue weighted by atomic mass is 35.5. The number of hydrogen-bond donors (Lipinski definition) is 2. The maximum atomic E-state index is 12.5. The van der Waals surface area contributed by atoms with Crippen LogP contribution in [0.1, 0.15) is 26.7 Å². The van der Waals surface area contributed by atoms with Gasteiger partial charge in [0.1, 0.15) is 12.1 Å². The minimum absolute atomic E-state index is 0.168. The van der Waals surface area contributed by atoms with Crippen LogP contribution in [0.5, 0.6) is 6.01 Å². The lowest BCUT2D eigenvalue weighted by Gasteiger charge is -2.37. The van der Waals surface area contributed by atoms with Crippen molar-refractivity contribution in [3.8, 4) is 17.3 Å². The van der Waals surface area contributed by atoms with Gasteiger partial charge in [0.05, 0.1) is 29.4 Å². The molecule has 2 aliphatic rings. The lowest BCUT2D eigenvalue weighted by atomic mass is 9.97. The summed E-state index contributed by atoms with van der Waals surface area (Å²) >= 11 is 6.57. The molecule has 1 amide bonds. The van der Waals surface area contributed by atoms with Crippen molar-refractivity contribution < 1.29 is 24.2 Å². The van der Waals surface area contributed by atoms with Crippen molar-refractivity contribution >= 4 is 40.3 Å². The monoisotopic (exact) mass is 527 g/mol. The Hall–Kier alpha value is -3.37. The second-order valence-electron chi connectivity index (χ2n) is 9.68. The molecular formula is C26H30ClN5O5. The summed E-state index contributed by atoms with van der Waals surface area (Å²) in [4.78, 5) is 40.2. The Balaban J connectivity index is 1.31. The highest BCUT2D eigenvalue weighted by Crippen LogP contribution is 2.31. The molecule has 0 unspecified atom stereocenters. The summed E-state index contributed by atoms with van der Waals surface area (Å²) in [6.45, 7) is 7.02. The molecule has 11 heteroatoms. The number of anilines is 1. The number of aromatic amines is 1. The molecule has 196 valence electrons. The van der Waals surface area contributed by atoms with E-state index in [9.17, 15) is 14.7 Å². The van der Waals surface area contributed by atoms with Crippen LogP contribution in [0.25, 0.3) is 22.4 Å². The number of fused-ring (bicyclic) bond motifs is 1. The molecule has 1 aromatic carbocycles. The summed E-state index contributed by atoms with van der Waals surface area (Å²) in [5.41, 5.74) is 3.69. The van der Waals surface area contributed by atoms with E-state index in [2.05, 4.69) is 32.0 Å². The van der Waals surface area contributed by atoms with Crippen LogP contribution in [0, 0.1) is 5.92 Å². The number of nitrogens with one attached hydrogen (secondary N) is 1. The van der Waals surface area contributed by atoms with Gasteiger partial charge in [0.25, 0.3) is 6.01 Å². The average molecular weight is 528 g/mol. The van der Waals surface area contributed by atoms with E-state index < -0.39 is 18.1 Å². The SMILES string of the molecule is CC(C)C(=O)N1CC[C@@H](Oc2nc3nc(-c4ccc(N5CCOCC5)cc4)c(Cl)cc3[nH]2)C[C@H]1C(=O)O. The summed E-state index contributed by atoms with van der Waals surface area (Å²) in [6.07, 6.45) is 0.286. The molecule has 0 radical (unpaired) electrons. The zero-order valence-electron chi connectivity index (χ0n) is 20.8. The van der Waals surface area contributed by atoms with Gasteiger partial charge >= 0.3 is 5.97 Å². The van der Waals surface area contributed by atoms with Crippen molar-refractivity contribution in [2.45, 2.75) is 38.8 Å². The van der Waals surface area contributed by atoms with Crippen LogP contribution in [-0.2, 0) is 14.3 Å². The number of aromatic nitrogens is 3. The molecular weight excluding hydrogens is 498 g/mol. The number of hydrogen-bond acceptors (Lipinski definition) is 7. The summed E-state index contributed by atoms with van der Waals surface area (Å²) in [5.74, 6) is -1.47. The third kappa shape index (κ3) is 5.35. The number of amides is 1. The number of carbonyl (C=O) groups is 2. The van der Waals surface area contributed by atoms with Gasteiger partial charge in [0.2, 0.25) is 5.91 Å². The Bertz CT molecular complexity index is 1290.